The molecule has 0 fully saturated rings. The zero-order chi connectivity index (χ0) is 12.9. The van der Waals surface area contributed by atoms with Gasteiger partial charge in [0.15, 0.2) is 0 Å². The number of benzene rings is 1. The molecule has 4 nitrogen and oxygen atoms in total. The van der Waals surface area contributed by atoms with Gasteiger partial charge >= 0.3 is 0 Å². The first kappa shape index (κ1) is 14.2. The second-order valence-corrected chi connectivity index (χ2v) is 6.24. The molecular formula is C12H19NO3S. The van der Waals surface area contributed by atoms with Gasteiger partial charge in [-0.05, 0) is 11.5 Å². The molecule has 0 radical (unpaired) electrons. The molecule has 5 heteroatoms. The molecule has 1 atom stereocenters. The normalized spacial score (nSPS) is 13.9. The van der Waals surface area contributed by atoms with Crippen LogP contribution in [0.3, 0.4) is 0 Å². The smallest absolute Gasteiger partial charge is 0.212 e. The van der Waals surface area contributed by atoms with Crippen LogP contribution in [0.5, 0.6) is 0 Å². The van der Waals surface area contributed by atoms with E-state index in [4.69, 9.17) is 0 Å². The van der Waals surface area contributed by atoms with Gasteiger partial charge in [0.05, 0.1) is 18.4 Å². The minimum Gasteiger partial charge on any atom is -0.394 e. The fraction of sp³-hybridized carbons (Fsp3) is 0.500. The monoisotopic (exact) mass is 257 g/mol. The van der Waals surface area contributed by atoms with Gasteiger partial charge in [0.2, 0.25) is 10.0 Å². The number of aliphatic hydroxyl groups excluding tert-OH is 1. The lowest BCUT2D eigenvalue weighted by Gasteiger charge is -2.17. The SMILES string of the molecule is CC(C)CS(=O)(=O)NC(CO)c1ccccc1. The molecule has 0 saturated heterocycles. The van der Waals surface area contributed by atoms with Gasteiger partial charge in [-0.25, -0.2) is 13.1 Å². The predicted molar refractivity (Wildman–Crippen MR) is 68.0 cm³/mol. The lowest BCUT2D eigenvalue weighted by atomic mass is 10.1. The van der Waals surface area contributed by atoms with E-state index in [0.717, 1.165) is 5.56 Å². The Morgan fingerprint density at radius 2 is 1.82 bits per heavy atom. The van der Waals surface area contributed by atoms with E-state index < -0.39 is 16.1 Å². The molecule has 96 valence electrons. The molecule has 17 heavy (non-hydrogen) atoms. The highest BCUT2D eigenvalue weighted by Crippen LogP contribution is 2.13. The van der Waals surface area contributed by atoms with Crippen LogP contribution in [0.1, 0.15) is 25.5 Å². The van der Waals surface area contributed by atoms with E-state index in [1.165, 1.54) is 0 Å². The third-order valence-corrected chi connectivity index (χ3v) is 4.01. The minimum atomic E-state index is -3.35. The Morgan fingerprint density at radius 1 is 1.24 bits per heavy atom. The van der Waals surface area contributed by atoms with Crippen molar-refractivity contribution in [2.24, 2.45) is 5.92 Å². The van der Waals surface area contributed by atoms with Crippen molar-refractivity contribution in [2.45, 2.75) is 19.9 Å². The summed E-state index contributed by atoms with van der Waals surface area (Å²) in [5.41, 5.74) is 0.766. The van der Waals surface area contributed by atoms with Gasteiger partial charge in [-0.15, -0.1) is 0 Å². The van der Waals surface area contributed by atoms with Crippen LogP contribution in [0.15, 0.2) is 30.3 Å². The van der Waals surface area contributed by atoms with Crippen molar-refractivity contribution in [2.75, 3.05) is 12.4 Å². The summed E-state index contributed by atoms with van der Waals surface area (Å²) in [6.07, 6.45) is 0. The molecule has 0 aromatic heterocycles. The van der Waals surface area contributed by atoms with E-state index >= 15 is 0 Å². The number of hydrogen-bond donors (Lipinski definition) is 2. The lowest BCUT2D eigenvalue weighted by Crippen LogP contribution is -2.34. The first-order valence-electron chi connectivity index (χ1n) is 5.60. The van der Waals surface area contributed by atoms with Gasteiger partial charge in [0.1, 0.15) is 0 Å². The van der Waals surface area contributed by atoms with Crippen molar-refractivity contribution in [3.05, 3.63) is 35.9 Å². The molecule has 0 aliphatic carbocycles. The quantitative estimate of drug-likeness (QED) is 0.807. The molecular weight excluding hydrogens is 238 g/mol. The highest BCUT2D eigenvalue weighted by atomic mass is 32.2. The summed E-state index contributed by atoms with van der Waals surface area (Å²) in [6, 6.07) is 8.49. The molecule has 1 rings (SSSR count). The number of sulfonamides is 1. The zero-order valence-corrected chi connectivity index (χ0v) is 10.9. The van der Waals surface area contributed by atoms with Crippen LogP contribution in [0.2, 0.25) is 0 Å². The molecule has 0 bridgehead atoms. The van der Waals surface area contributed by atoms with Crippen LogP contribution >= 0.6 is 0 Å². The summed E-state index contributed by atoms with van der Waals surface area (Å²) in [7, 11) is -3.35. The number of aliphatic hydroxyl groups is 1. The molecule has 1 aromatic rings. The summed E-state index contributed by atoms with van der Waals surface area (Å²) < 4.78 is 26.0. The topological polar surface area (TPSA) is 66.4 Å². The van der Waals surface area contributed by atoms with Crippen molar-refractivity contribution in [3.63, 3.8) is 0 Å². The standard InChI is InChI=1S/C12H19NO3S/c1-10(2)9-17(15,16)13-12(8-14)11-6-4-3-5-7-11/h3-7,10,12-14H,8-9H2,1-2H3. The maximum Gasteiger partial charge on any atom is 0.212 e. The van der Waals surface area contributed by atoms with Crippen LogP contribution in [0.25, 0.3) is 0 Å². The first-order chi connectivity index (χ1) is 7.94. The Kier molecular flexibility index (Phi) is 5.11. The van der Waals surface area contributed by atoms with Crippen molar-refractivity contribution >= 4 is 10.0 Å². The van der Waals surface area contributed by atoms with E-state index in [2.05, 4.69) is 4.72 Å². The van der Waals surface area contributed by atoms with Gasteiger partial charge in [-0.3, -0.25) is 0 Å². The van der Waals surface area contributed by atoms with Crippen LogP contribution in [0.4, 0.5) is 0 Å². The van der Waals surface area contributed by atoms with Gasteiger partial charge in [-0.1, -0.05) is 44.2 Å². The number of rotatable bonds is 6. The molecule has 0 spiro atoms. The molecule has 0 saturated carbocycles. The summed E-state index contributed by atoms with van der Waals surface area (Å²) >= 11 is 0. The van der Waals surface area contributed by atoms with Crippen molar-refractivity contribution in [3.8, 4) is 0 Å². The summed E-state index contributed by atoms with van der Waals surface area (Å²) in [5, 5.41) is 9.25. The summed E-state index contributed by atoms with van der Waals surface area (Å²) in [4.78, 5) is 0. The van der Waals surface area contributed by atoms with Crippen LogP contribution in [-0.2, 0) is 10.0 Å². The maximum atomic E-state index is 11.8. The van der Waals surface area contributed by atoms with E-state index in [-0.39, 0.29) is 18.3 Å². The third kappa shape index (κ3) is 4.85. The zero-order valence-electron chi connectivity index (χ0n) is 10.1. The van der Waals surface area contributed by atoms with Crippen molar-refractivity contribution < 1.29 is 13.5 Å². The second-order valence-electron chi connectivity index (χ2n) is 4.44. The summed E-state index contributed by atoms with van der Waals surface area (Å²) in [6.45, 7) is 3.44. The second kappa shape index (κ2) is 6.14. The molecule has 1 unspecified atom stereocenters. The largest absolute Gasteiger partial charge is 0.394 e. The van der Waals surface area contributed by atoms with Gasteiger partial charge in [0.25, 0.3) is 0 Å². The Hall–Kier alpha value is -0.910. The van der Waals surface area contributed by atoms with E-state index in [9.17, 15) is 13.5 Å². The molecule has 0 heterocycles. The molecule has 1 aromatic carbocycles. The highest BCUT2D eigenvalue weighted by molar-refractivity contribution is 7.89. The fourth-order valence-electron chi connectivity index (χ4n) is 1.60. The lowest BCUT2D eigenvalue weighted by molar-refractivity contribution is 0.258. The minimum absolute atomic E-state index is 0.0580. The van der Waals surface area contributed by atoms with E-state index in [0.29, 0.717) is 0 Å². The van der Waals surface area contributed by atoms with E-state index in [1.807, 2.05) is 32.0 Å². The number of nitrogens with one attached hydrogen (secondary N) is 1. The number of hydrogen-bond acceptors (Lipinski definition) is 3. The van der Waals surface area contributed by atoms with Gasteiger partial charge < -0.3 is 5.11 Å². The maximum absolute atomic E-state index is 11.8. The summed E-state index contributed by atoms with van der Waals surface area (Å²) in [5.74, 6) is 0.124. The highest BCUT2D eigenvalue weighted by Gasteiger charge is 2.19. The fourth-order valence-corrected chi connectivity index (χ4v) is 3.22. The predicted octanol–water partition coefficient (Wildman–Crippen LogP) is 1.30. The van der Waals surface area contributed by atoms with Crippen molar-refractivity contribution in [1.82, 2.24) is 4.72 Å². The van der Waals surface area contributed by atoms with Gasteiger partial charge in [-0.2, -0.15) is 0 Å². The Morgan fingerprint density at radius 3 is 2.29 bits per heavy atom. The Balaban J connectivity index is 2.78. The van der Waals surface area contributed by atoms with Crippen LogP contribution in [-0.4, -0.2) is 25.9 Å². The van der Waals surface area contributed by atoms with Gasteiger partial charge in [0, 0.05) is 0 Å². The van der Waals surface area contributed by atoms with E-state index in [1.54, 1.807) is 12.1 Å². The Labute approximate surface area is 103 Å². The first-order valence-corrected chi connectivity index (χ1v) is 7.25. The molecule has 0 aliphatic heterocycles. The third-order valence-electron chi connectivity index (χ3n) is 2.26. The van der Waals surface area contributed by atoms with Crippen molar-refractivity contribution in [1.29, 1.82) is 0 Å². The molecule has 2 N–H and O–H groups in total. The average molecular weight is 257 g/mol. The average Bonchev–Trinajstić information content (AvgIpc) is 2.25. The van der Waals surface area contributed by atoms with Crippen LogP contribution in [0, 0.1) is 5.92 Å². The molecule has 0 aliphatic rings. The Bertz CT molecular complexity index is 428. The van der Waals surface area contributed by atoms with Crippen LogP contribution < -0.4 is 4.72 Å². The molecule has 0 amide bonds.